The van der Waals surface area contributed by atoms with Crippen LogP contribution in [0.15, 0.2) is 14.8 Å². The van der Waals surface area contributed by atoms with E-state index in [9.17, 15) is 0 Å². The molecule has 0 saturated heterocycles. The van der Waals surface area contributed by atoms with Crippen molar-refractivity contribution in [3.05, 3.63) is 33.4 Å². The van der Waals surface area contributed by atoms with E-state index >= 15 is 0 Å². The van der Waals surface area contributed by atoms with Gasteiger partial charge in [0.15, 0.2) is 5.96 Å². The van der Waals surface area contributed by atoms with Crippen molar-refractivity contribution in [2.75, 3.05) is 6.54 Å². The molecule has 0 radical (unpaired) electrons. The number of nitrogens with zero attached hydrogens (tertiary/aromatic N) is 3. The van der Waals surface area contributed by atoms with Crippen LogP contribution in [0.25, 0.3) is 0 Å². The van der Waals surface area contributed by atoms with Crippen LogP contribution in [0.5, 0.6) is 0 Å². The molecule has 0 aliphatic heterocycles. The van der Waals surface area contributed by atoms with Gasteiger partial charge in [0, 0.05) is 11.9 Å². The number of thiazole rings is 1. The van der Waals surface area contributed by atoms with Crippen molar-refractivity contribution in [3.63, 3.8) is 0 Å². The number of hydrogen-bond donors (Lipinski definition) is 2. The molecule has 2 aromatic heterocycles. The van der Waals surface area contributed by atoms with Crippen molar-refractivity contribution in [2.45, 2.75) is 53.6 Å². The summed E-state index contributed by atoms with van der Waals surface area (Å²) in [7, 11) is 0. The lowest BCUT2D eigenvalue weighted by Gasteiger charge is -2.09. The van der Waals surface area contributed by atoms with Gasteiger partial charge in [-0.15, -0.1) is 35.3 Å². The lowest BCUT2D eigenvalue weighted by molar-refractivity contribution is 0.473. The summed E-state index contributed by atoms with van der Waals surface area (Å²) in [6.45, 7) is 12.1. The Morgan fingerprint density at radius 2 is 2.04 bits per heavy atom. The molecule has 0 saturated carbocycles. The van der Waals surface area contributed by atoms with Gasteiger partial charge in [-0.05, 0) is 26.7 Å². The quantitative estimate of drug-likeness (QED) is 0.388. The van der Waals surface area contributed by atoms with Gasteiger partial charge in [0.25, 0.3) is 0 Å². The van der Waals surface area contributed by atoms with Crippen LogP contribution in [0.1, 0.15) is 54.7 Å². The van der Waals surface area contributed by atoms with Gasteiger partial charge in [0.1, 0.15) is 17.3 Å². The number of hydrogen-bond acceptors (Lipinski definition) is 5. The van der Waals surface area contributed by atoms with Crippen molar-refractivity contribution in [1.29, 1.82) is 0 Å². The molecule has 0 atom stereocenters. The zero-order valence-electron chi connectivity index (χ0n) is 14.8. The molecule has 0 aromatic carbocycles. The molecule has 2 N–H and O–H groups in total. The molecule has 0 spiro atoms. The van der Waals surface area contributed by atoms with E-state index in [1.165, 1.54) is 0 Å². The average Bonchev–Trinajstić information content (AvgIpc) is 3.10. The third kappa shape index (κ3) is 6.04. The summed E-state index contributed by atoms with van der Waals surface area (Å²) < 4.78 is 5.55. The second kappa shape index (κ2) is 9.97. The summed E-state index contributed by atoms with van der Waals surface area (Å²) in [5, 5.41) is 9.69. The zero-order chi connectivity index (χ0) is 16.8. The second-order valence-electron chi connectivity index (χ2n) is 5.62. The first kappa shape index (κ1) is 20.9. The second-order valence-corrected chi connectivity index (χ2v) is 6.56. The molecule has 0 fully saturated rings. The van der Waals surface area contributed by atoms with Crippen molar-refractivity contribution < 1.29 is 4.42 Å². The Morgan fingerprint density at radius 3 is 2.58 bits per heavy atom. The summed E-state index contributed by atoms with van der Waals surface area (Å²) in [4.78, 5) is 13.5. The molecule has 2 heterocycles. The highest BCUT2D eigenvalue weighted by Crippen LogP contribution is 2.17. The average molecular weight is 463 g/mol. The van der Waals surface area contributed by atoms with Gasteiger partial charge >= 0.3 is 0 Å². The number of nitrogens with one attached hydrogen (secondary N) is 2. The first-order valence-electron chi connectivity index (χ1n) is 7.89. The van der Waals surface area contributed by atoms with E-state index in [4.69, 9.17) is 4.42 Å². The monoisotopic (exact) mass is 463 g/mol. The predicted molar refractivity (Wildman–Crippen MR) is 109 cm³/mol. The first-order valence-corrected chi connectivity index (χ1v) is 8.77. The summed E-state index contributed by atoms with van der Waals surface area (Å²) in [6, 6.07) is 0. The van der Waals surface area contributed by atoms with Crippen LogP contribution in [0.4, 0.5) is 0 Å². The minimum Gasteiger partial charge on any atom is -0.444 e. The topological polar surface area (TPSA) is 75.3 Å². The standard InChI is InChI=1S/C16H25N5OS.HI/c1-6-17-16(18-7-14-20-11(4)12(5)22-14)19-8-15-21-13(9-23-15)10(2)3;/h9-10H,6-8H2,1-5H3,(H2,17,18,19);1H. The highest BCUT2D eigenvalue weighted by atomic mass is 127. The molecule has 0 aliphatic carbocycles. The number of guanidine groups is 1. The summed E-state index contributed by atoms with van der Waals surface area (Å²) in [5.74, 6) is 2.67. The number of aromatic nitrogens is 2. The summed E-state index contributed by atoms with van der Waals surface area (Å²) >= 11 is 1.67. The van der Waals surface area contributed by atoms with E-state index in [0.717, 1.165) is 34.7 Å². The van der Waals surface area contributed by atoms with Crippen LogP contribution < -0.4 is 10.6 Å². The molecular formula is C16H26IN5OS. The van der Waals surface area contributed by atoms with Crippen molar-refractivity contribution in [2.24, 2.45) is 4.99 Å². The molecule has 0 bridgehead atoms. The van der Waals surface area contributed by atoms with Gasteiger partial charge in [0.2, 0.25) is 5.89 Å². The van der Waals surface area contributed by atoms with Crippen LogP contribution in [0, 0.1) is 13.8 Å². The van der Waals surface area contributed by atoms with Crippen LogP contribution in [-0.2, 0) is 13.1 Å². The third-order valence-electron chi connectivity index (χ3n) is 3.36. The number of aryl methyl sites for hydroxylation is 2. The van der Waals surface area contributed by atoms with Gasteiger partial charge in [0.05, 0.1) is 17.9 Å². The largest absolute Gasteiger partial charge is 0.444 e. The first-order chi connectivity index (χ1) is 11.0. The SMILES string of the molecule is CCNC(=NCc1nc(C)c(C)o1)NCc1nc(C(C)C)cs1.I. The van der Waals surface area contributed by atoms with Gasteiger partial charge in [-0.2, -0.15) is 0 Å². The Labute approximate surface area is 164 Å². The zero-order valence-corrected chi connectivity index (χ0v) is 18.0. The Kier molecular flexibility index (Phi) is 8.68. The van der Waals surface area contributed by atoms with E-state index in [-0.39, 0.29) is 24.0 Å². The van der Waals surface area contributed by atoms with E-state index < -0.39 is 0 Å². The third-order valence-corrected chi connectivity index (χ3v) is 4.22. The molecule has 2 rings (SSSR count). The molecule has 8 heteroatoms. The van der Waals surface area contributed by atoms with Gasteiger partial charge in [-0.25, -0.2) is 15.0 Å². The normalized spacial score (nSPS) is 11.5. The minimum atomic E-state index is 0. The fourth-order valence-electron chi connectivity index (χ4n) is 1.93. The molecule has 134 valence electrons. The maximum absolute atomic E-state index is 5.55. The highest BCUT2D eigenvalue weighted by molar-refractivity contribution is 14.0. The van der Waals surface area contributed by atoms with Crippen LogP contribution in [0.2, 0.25) is 0 Å². The van der Waals surface area contributed by atoms with Crippen molar-refractivity contribution >= 4 is 41.3 Å². The van der Waals surface area contributed by atoms with E-state index in [1.807, 2.05) is 20.8 Å². The van der Waals surface area contributed by atoms with Crippen molar-refractivity contribution in [3.8, 4) is 0 Å². The Bertz CT molecular complexity index is 646. The Balaban J connectivity index is 0.00000288. The molecule has 0 unspecified atom stereocenters. The molecule has 2 aromatic rings. The lowest BCUT2D eigenvalue weighted by Crippen LogP contribution is -2.36. The number of halogens is 1. The molecule has 6 nitrogen and oxygen atoms in total. The lowest BCUT2D eigenvalue weighted by atomic mass is 10.2. The Morgan fingerprint density at radius 1 is 1.29 bits per heavy atom. The van der Waals surface area contributed by atoms with Gasteiger partial charge in [-0.1, -0.05) is 13.8 Å². The maximum atomic E-state index is 5.55. The molecule has 0 aliphatic rings. The van der Waals surface area contributed by atoms with E-state index in [1.54, 1.807) is 11.3 Å². The van der Waals surface area contributed by atoms with Crippen LogP contribution in [0.3, 0.4) is 0 Å². The van der Waals surface area contributed by atoms with Crippen molar-refractivity contribution in [1.82, 2.24) is 20.6 Å². The van der Waals surface area contributed by atoms with Gasteiger partial charge < -0.3 is 15.1 Å². The van der Waals surface area contributed by atoms with Crippen LogP contribution >= 0.6 is 35.3 Å². The predicted octanol–water partition coefficient (Wildman–Crippen LogP) is 3.74. The van der Waals surface area contributed by atoms with E-state index in [0.29, 0.717) is 24.9 Å². The summed E-state index contributed by atoms with van der Waals surface area (Å²) in [5.41, 5.74) is 2.05. The number of rotatable bonds is 6. The number of aliphatic imine (C=N–C) groups is 1. The van der Waals surface area contributed by atoms with Gasteiger partial charge in [-0.3, -0.25) is 0 Å². The fraction of sp³-hybridized carbons (Fsp3) is 0.562. The maximum Gasteiger partial charge on any atom is 0.216 e. The smallest absolute Gasteiger partial charge is 0.216 e. The molecule has 0 amide bonds. The fourth-order valence-corrected chi connectivity index (χ4v) is 2.82. The van der Waals surface area contributed by atoms with Crippen LogP contribution in [-0.4, -0.2) is 22.5 Å². The number of oxazole rings is 1. The highest BCUT2D eigenvalue weighted by Gasteiger charge is 2.08. The minimum absolute atomic E-state index is 0. The molecular weight excluding hydrogens is 437 g/mol. The van der Waals surface area contributed by atoms with E-state index in [2.05, 4.69) is 44.8 Å². The Hall–Kier alpha value is -1.16. The summed E-state index contributed by atoms with van der Waals surface area (Å²) in [6.07, 6.45) is 0. The molecule has 24 heavy (non-hydrogen) atoms.